The first-order valence-corrected chi connectivity index (χ1v) is 4.54. The number of aryl methyl sites for hydroxylation is 1. The second-order valence-corrected chi connectivity index (χ2v) is 2.71. The molecule has 70 valence electrons. The van der Waals surface area contributed by atoms with Gasteiger partial charge in [-0.2, -0.15) is 0 Å². The van der Waals surface area contributed by atoms with Crippen molar-refractivity contribution in [2.45, 2.75) is 20.8 Å². The summed E-state index contributed by atoms with van der Waals surface area (Å²) in [5, 5.41) is 0. The smallest absolute Gasteiger partial charge is 0.203 e. The summed E-state index contributed by atoms with van der Waals surface area (Å²) in [6.07, 6.45) is 0. The van der Waals surface area contributed by atoms with E-state index in [2.05, 4.69) is 0 Å². The van der Waals surface area contributed by atoms with Gasteiger partial charge in [0.25, 0.3) is 0 Å². The molecule has 0 spiro atoms. The molecule has 1 aliphatic heterocycles. The molecular weight excluding hydrogens is 164 g/mol. The topological polar surface area (TPSA) is 26.3 Å². The van der Waals surface area contributed by atoms with E-state index in [-0.39, 0.29) is 12.4 Å². The summed E-state index contributed by atoms with van der Waals surface area (Å²) in [7, 11) is 0. The van der Waals surface area contributed by atoms with Crippen molar-refractivity contribution in [3.8, 4) is 5.75 Å². The molecule has 0 unspecified atom stereocenters. The van der Waals surface area contributed by atoms with Gasteiger partial charge in [0.1, 0.15) is 5.75 Å². The summed E-state index contributed by atoms with van der Waals surface area (Å²) in [6.45, 7) is 6.17. The van der Waals surface area contributed by atoms with E-state index in [4.69, 9.17) is 4.74 Å². The highest BCUT2D eigenvalue weighted by atomic mass is 16.5. The van der Waals surface area contributed by atoms with Gasteiger partial charge in [-0.05, 0) is 19.1 Å². The standard InChI is InChI=1S/C9H8O2.C2H6/c1-6-2-3-9-7(4-6)8(10)5-11-9;1-2/h2-4H,5H2,1H3;1-2H3. The van der Waals surface area contributed by atoms with Crippen LogP contribution in [0.5, 0.6) is 5.75 Å². The van der Waals surface area contributed by atoms with Gasteiger partial charge in [-0.25, -0.2) is 0 Å². The van der Waals surface area contributed by atoms with Crippen LogP contribution in [0.3, 0.4) is 0 Å². The lowest BCUT2D eigenvalue weighted by atomic mass is 10.1. The third-order valence-electron chi connectivity index (χ3n) is 1.79. The Morgan fingerprint density at radius 3 is 2.69 bits per heavy atom. The van der Waals surface area contributed by atoms with Gasteiger partial charge in [0.2, 0.25) is 5.78 Å². The van der Waals surface area contributed by atoms with Gasteiger partial charge in [0.15, 0.2) is 6.61 Å². The average molecular weight is 178 g/mol. The summed E-state index contributed by atoms with van der Waals surface area (Å²) in [5.74, 6) is 0.810. The number of Topliss-reactive ketones (excluding diaryl/α,β-unsaturated/α-hetero) is 1. The summed E-state index contributed by atoms with van der Waals surface area (Å²) in [6, 6.07) is 5.65. The van der Waals surface area contributed by atoms with Gasteiger partial charge in [-0.15, -0.1) is 0 Å². The third-order valence-corrected chi connectivity index (χ3v) is 1.79. The number of carbonyl (C=O) groups is 1. The molecule has 1 heterocycles. The normalized spacial score (nSPS) is 12.7. The highest BCUT2D eigenvalue weighted by molar-refractivity contribution is 6.02. The van der Waals surface area contributed by atoms with Crippen molar-refractivity contribution in [2.75, 3.05) is 6.61 Å². The van der Waals surface area contributed by atoms with Crippen LogP contribution in [0.15, 0.2) is 18.2 Å². The maximum Gasteiger partial charge on any atom is 0.203 e. The Balaban J connectivity index is 0.000000396. The Hall–Kier alpha value is -1.31. The van der Waals surface area contributed by atoms with Gasteiger partial charge in [0.05, 0.1) is 5.56 Å². The molecule has 0 atom stereocenters. The molecule has 0 N–H and O–H groups in total. The second-order valence-electron chi connectivity index (χ2n) is 2.71. The molecule has 1 aromatic rings. The van der Waals surface area contributed by atoms with Gasteiger partial charge < -0.3 is 4.74 Å². The van der Waals surface area contributed by atoms with Crippen molar-refractivity contribution < 1.29 is 9.53 Å². The van der Waals surface area contributed by atoms with Gasteiger partial charge in [0, 0.05) is 0 Å². The number of rotatable bonds is 0. The number of ether oxygens (including phenoxy) is 1. The van der Waals surface area contributed by atoms with E-state index in [1.807, 2.05) is 39.0 Å². The van der Waals surface area contributed by atoms with E-state index >= 15 is 0 Å². The van der Waals surface area contributed by atoms with E-state index in [1.165, 1.54) is 0 Å². The Morgan fingerprint density at radius 1 is 1.31 bits per heavy atom. The van der Waals surface area contributed by atoms with Crippen LogP contribution in [0.2, 0.25) is 0 Å². The minimum atomic E-state index is 0.0868. The van der Waals surface area contributed by atoms with Crippen molar-refractivity contribution in [3.63, 3.8) is 0 Å². The van der Waals surface area contributed by atoms with Crippen LogP contribution in [0.4, 0.5) is 0 Å². The first-order valence-electron chi connectivity index (χ1n) is 4.54. The van der Waals surface area contributed by atoms with E-state index in [0.717, 1.165) is 16.9 Å². The van der Waals surface area contributed by atoms with Crippen LogP contribution >= 0.6 is 0 Å². The lowest BCUT2D eigenvalue weighted by Gasteiger charge is -1.96. The number of carbonyl (C=O) groups excluding carboxylic acids is 1. The molecule has 0 amide bonds. The molecule has 0 saturated carbocycles. The molecule has 0 radical (unpaired) electrons. The first-order chi connectivity index (χ1) is 6.27. The fraction of sp³-hybridized carbons (Fsp3) is 0.364. The number of benzene rings is 1. The van der Waals surface area contributed by atoms with E-state index in [0.29, 0.717) is 0 Å². The minimum Gasteiger partial charge on any atom is -0.485 e. The summed E-state index contributed by atoms with van der Waals surface area (Å²) in [5.41, 5.74) is 1.83. The van der Waals surface area contributed by atoms with Crippen molar-refractivity contribution in [1.29, 1.82) is 0 Å². The van der Waals surface area contributed by atoms with Crippen molar-refractivity contribution in [3.05, 3.63) is 29.3 Å². The van der Waals surface area contributed by atoms with Crippen LogP contribution in [-0.2, 0) is 0 Å². The summed E-state index contributed by atoms with van der Waals surface area (Å²) >= 11 is 0. The largest absolute Gasteiger partial charge is 0.485 e. The zero-order chi connectivity index (χ0) is 9.84. The van der Waals surface area contributed by atoms with Gasteiger partial charge in [-0.3, -0.25) is 4.79 Å². The molecule has 2 heteroatoms. The fourth-order valence-electron chi connectivity index (χ4n) is 1.21. The molecule has 0 fully saturated rings. The molecule has 1 aromatic carbocycles. The molecular formula is C11H14O2. The van der Waals surface area contributed by atoms with E-state index in [1.54, 1.807) is 0 Å². The maximum absolute atomic E-state index is 11.1. The van der Waals surface area contributed by atoms with Crippen molar-refractivity contribution in [2.24, 2.45) is 0 Å². The van der Waals surface area contributed by atoms with Crippen LogP contribution in [0.1, 0.15) is 29.8 Å². The highest BCUT2D eigenvalue weighted by Crippen LogP contribution is 2.25. The van der Waals surface area contributed by atoms with Crippen LogP contribution < -0.4 is 4.74 Å². The molecule has 0 saturated heterocycles. The molecule has 1 aliphatic rings. The molecule has 13 heavy (non-hydrogen) atoms. The lowest BCUT2D eigenvalue weighted by molar-refractivity contribution is 0.0961. The quantitative estimate of drug-likeness (QED) is 0.610. The number of ketones is 1. The number of hydrogen-bond donors (Lipinski definition) is 0. The van der Waals surface area contributed by atoms with Crippen LogP contribution in [0.25, 0.3) is 0 Å². The number of fused-ring (bicyclic) bond motifs is 1. The highest BCUT2D eigenvalue weighted by Gasteiger charge is 2.19. The van der Waals surface area contributed by atoms with Crippen molar-refractivity contribution in [1.82, 2.24) is 0 Å². The number of hydrogen-bond acceptors (Lipinski definition) is 2. The van der Waals surface area contributed by atoms with Gasteiger partial charge >= 0.3 is 0 Å². The zero-order valence-corrected chi connectivity index (χ0v) is 8.26. The monoisotopic (exact) mass is 178 g/mol. The predicted octanol–water partition coefficient (Wildman–Crippen LogP) is 2.60. The third kappa shape index (κ3) is 1.89. The van der Waals surface area contributed by atoms with Crippen LogP contribution in [0, 0.1) is 6.92 Å². The molecule has 2 nitrogen and oxygen atoms in total. The Labute approximate surface area is 78.5 Å². The Bertz CT molecular complexity index is 316. The molecule has 2 rings (SSSR count). The summed E-state index contributed by atoms with van der Waals surface area (Å²) < 4.78 is 5.12. The second kappa shape index (κ2) is 4.08. The van der Waals surface area contributed by atoms with Crippen molar-refractivity contribution >= 4 is 5.78 Å². The molecule has 0 aliphatic carbocycles. The lowest BCUT2D eigenvalue weighted by Crippen LogP contribution is -1.98. The molecule has 0 aromatic heterocycles. The van der Waals surface area contributed by atoms with E-state index in [9.17, 15) is 4.79 Å². The van der Waals surface area contributed by atoms with E-state index < -0.39 is 0 Å². The van der Waals surface area contributed by atoms with Gasteiger partial charge in [-0.1, -0.05) is 25.5 Å². The minimum absolute atomic E-state index is 0.0868. The fourth-order valence-corrected chi connectivity index (χ4v) is 1.21. The SMILES string of the molecule is CC.Cc1ccc2c(c1)C(=O)CO2. The predicted molar refractivity (Wildman–Crippen MR) is 52.4 cm³/mol. The van der Waals surface area contributed by atoms with Crippen LogP contribution in [-0.4, -0.2) is 12.4 Å². The zero-order valence-electron chi connectivity index (χ0n) is 8.26. The maximum atomic E-state index is 11.1. The average Bonchev–Trinajstić information content (AvgIpc) is 2.52. The Kier molecular flexibility index (Phi) is 3.07. The molecule has 0 bridgehead atoms. The Morgan fingerprint density at radius 2 is 2.00 bits per heavy atom. The first kappa shape index (κ1) is 9.78. The summed E-state index contributed by atoms with van der Waals surface area (Å²) in [4.78, 5) is 11.1.